The number of aromatic nitrogens is 1. The average molecular weight is 493 g/mol. The molecule has 36 heavy (non-hydrogen) atoms. The van der Waals surface area contributed by atoms with Crippen LogP contribution in [0.4, 0.5) is 4.79 Å². The van der Waals surface area contributed by atoms with Crippen LogP contribution in [0.2, 0.25) is 0 Å². The topological polar surface area (TPSA) is 102 Å². The number of rotatable bonds is 10. The number of carbonyl (C=O) groups excluding carboxylic acids is 1. The smallest absolute Gasteiger partial charge is 0.409 e. The van der Waals surface area contributed by atoms with E-state index in [1.165, 1.54) is 4.90 Å². The van der Waals surface area contributed by atoms with Gasteiger partial charge in [-0.15, -0.1) is 0 Å². The number of hydrogen-bond donors (Lipinski definition) is 1. The number of amides is 1. The molecule has 1 aromatic heterocycles. The fraction of sp³-hybridized carbons (Fsp3) is 0.393. The Morgan fingerprint density at radius 3 is 2.53 bits per heavy atom. The molecular formula is C28H32N2O6. The van der Waals surface area contributed by atoms with Crippen LogP contribution >= 0.6 is 0 Å². The number of likely N-dealkylation sites (tertiary alicyclic amines) is 1. The highest BCUT2D eigenvalue weighted by Gasteiger charge is 2.39. The molecule has 2 aromatic carbocycles. The zero-order chi connectivity index (χ0) is 25.5. The normalized spacial score (nSPS) is 17.2. The van der Waals surface area contributed by atoms with E-state index in [1.807, 2.05) is 61.5 Å². The van der Waals surface area contributed by atoms with Crippen LogP contribution in [0.3, 0.4) is 0 Å². The fourth-order valence-electron chi connectivity index (χ4n) is 4.54. The molecule has 0 unspecified atom stereocenters. The van der Waals surface area contributed by atoms with Gasteiger partial charge < -0.3 is 23.9 Å². The summed E-state index contributed by atoms with van der Waals surface area (Å²) in [6.07, 6.45) is 1.61. The quantitative estimate of drug-likeness (QED) is 0.425. The third kappa shape index (κ3) is 6.24. The van der Waals surface area contributed by atoms with E-state index in [9.17, 15) is 14.7 Å². The second kappa shape index (κ2) is 11.7. The maximum absolute atomic E-state index is 12.0. The number of ether oxygens (including phenoxy) is 2. The van der Waals surface area contributed by atoms with Gasteiger partial charge in [0.25, 0.3) is 0 Å². The number of aryl methyl sites for hydroxylation is 2. The molecule has 0 bridgehead atoms. The van der Waals surface area contributed by atoms with E-state index < -0.39 is 18.0 Å². The molecule has 190 valence electrons. The molecule has 1 aliphatic rings. The molecule has 0 saturated carbocycles. The van der Waals surface area contributed by atoms with Gasteiger partial charge in [0.15, 0.2) is 0 Å². The Morgan fingerprint density at radius 1 is 1.08 bits per heavy atom. The minimum absolute atomic E-state index is 0.102. The minimum Gasteiger partial charge on any atom is -0.493 e. The first-order valence-corrected chi connectivity index (χ1v) is 12.3. The third-order valence-electron chi connectivity index (χ3n) is 6.53. The Kier molecular flexibility index (Phi) is 8.25. The van der Waals surface area contributed by atoms with Gasteiger partial charge in [0.2, 0.25) is 5.89 Å². The van der Waals surface area contributed by atoms with Crippen molar-refractivity contribution in [3.63, 3.8) is 0 Å². The third-order valence-corrected chi connectivity index (χ3v) is 6.53. The van der Waals surface area contributed by atoms with Crippen LogP contribution in [0.15, 0.2) is 59.0 Å². The van der Waals surface area contributed by atoms with E-state index in [0.29, 0.717) is 31.9 Å². The first-order valence-electron chi connectivity index (χ1n) is 12.3. The van der Waals surface area contributed by atoms with Crippen molar-refractivity contribution in [1.29, 1.82) is 0 Å². The number of carboxylic acids is 1. The Bertz CT molecular complexity index is 1160. The minimum atomic E-state index is -0.867. The lowest BCUT2D eigenvalue weighted by molar-refractivity contribution is -0.142. The number of nitrogens with zero attached hydrogens (tertiary/aromatic N) is 2. The molecule has 1 saturated heterocycles. The van der Waals surface area contributed by atoms with E-state index in [1.54, 1.807) is 6.92 Å². The summed E-state index contributed by atoms with van der Waals surface area (Å²) in [5.41, 5.74) is 2.93. The SMILES string of the molecule is CCOC(=O)N1C[C@H](CCc2ccc(OCCc3nc(-c4ccccc4)oc3C)cc2)[C@H](C(=O)O)C1. The summed E-state index contributed by atoms with van der Waals surface area (Å²) in [5, 5.41) is 9.58. The molecule has 1 N–H and O–H groups in total. The summed E-state index contributed by atoms with van der Waals surface area (Å²) in [6, 6.07) is 17.7. The van der Waals surface area contributed by atoms with Gasteiger partial charge in [-0.05, 0) is 62.4 Å². The number of aliphatic carboxylic acids is 1. The van der Waals surface area contributed by atoms with Gasteiger partial charge >= 0.3 is 12.1 Å². The van der Waals surface area contributed by atoms with Crippen molar-refractivity contribution in [3.05, 3.63) is 71.6 Å². The summed E-state index contributed by atoms with van der Waals surface area (Å²) >= 11 is 0. The van der Waals surface area contributed by atoms with Gasteiger partial charge in [-0.25, -0.2) is 9.78 Å². The van der Waals surface area contributed by atoms with Gasteiger partial charge in [0, 0.05) is 25.1 Å². The number of benzene rings is 2. The van der Waals surface area contributed by atoms with Crippen LogP contribution < -0.4 is 4.74 Å². The first-order chi connectivity index (χ1) is 17.4. The zero-order valence-electron chi connectivity index (χ0n) is 20.7. The summed E-state index contributed by atoms with van der Waals surface area (Å²) in [5.74, 6) is 0.634. The largest absolute Gasteiger partial charge is 0.493 e. The van der Waals surface area contributed by atoms with Gasteiger partial charge in [0.05, 0.1) is 24.8 Å². The number of carbonyl (C=O) groups is 2. The Labute approximate surface area is 210 Å². The van der Waals surface area contributed by atoms with Gasteiger partial charge in [-0.3, -0.25) is 4.79 Å². The molecule has 0 radical (unpaired) electrons. The number of hydrogen-bond acceptors (Lipinski definition) is 6. The van der Waals surface area contributed by atoms with Crippen molar-refractivity contribution in [2.75, 3.05) is 26.3 Å². The van der Waals surface area contributed by atoms with Crippen molar-refractivity contribution in [2.45, 2.75) is 33.1 Å². The molecule has 1 aliphatic heterocycles. The van der Waals surface area contributed by atoms with Crippen molar-refractivity contribution < 1.29 is 28.6 Å². The van der Waals surface area contributed by atoms with Crippen LogP contribution in [0, 0.1) is 18.8 Å². The van der Waals surface area contributed by atoms with Crippen molar-refractivity contribution in [2.24, 2.45) is 11.8 Å². The van der Waals surface area contributed by atoms with Gasteiger partial charge in [0.1, 0.15) is 11.5 Å². The molecule has 1 amide bonds. The Balaban J connectivity index is 1.26. The van der Waals surface area contributed by atoms with E-state index in [0.717, 1.165) is 34.8 Å². The lowest BCUT2D eigenvalue weighted by atomic mass is 9.90. The van der Waals surface area contributed by atoms with E-state index in [4.69, 9.17) is 13.9 Å². The molecule has 2 atom stereocenters. The zero-order valence-corrected chi connectivity index (χ0v) is 20.7. The summed E-state index contributed by atoms with van der Waals surface area (Å²) < 4.78 is 16.8. The molecule has 8 nitrogen and oxygen atoms in total. The van der Waals surface area contributed by atoms with Crippen LogP contribution in [0.25, 0.3) is 11.5 Å². The molecule has 1 fully saturated rings. The predicted octanol–water partition coefficient (Wildman–Crippen LogP) is 4.99. The van der Waals surface area contributed by atoms with Gasteiger partial charge in [-0.1, -0.05) is 30.3 Å². The molecular weight excluding hydrogens is 460 g/mol. The highest BCUT2D eigenvalue weighted by Crippen LogP contribution is 2.29. The van der Waals surface area contributed by atoms with Crippen molar-refractivity contribution in [3.8, 4) is 17.2 Å². The fourth-order valence-corrected chi connectivity index (χ4v) is 4.54. The predicted molar refractivity (Wildman–Crippen MR) is 134 cm³/mol. The maximum atomic E-state index is 12.0. The summed E-state index contributed by atoms with van der Waals surface area (Å²) in [4.78, 5) is 29.8. The van der Waals surface area contributed by atoms with E-state index >= 15 is 0 Å². The second-order valence-corrected chi connectivity index (χ2v) is 8.98. The van der Waals surface area contributed by atoms with E-state index in [2.05, 4.69) is 4.98 Å². The van der Waals surface area contributed by atoms with Crippen LogP contribution in [0.1, 0.15) is 30.4 Å². The molecule has 4 rings (SSSR count). The first kappa shape index (κ1) is 25.3. The second-order valence-electron chi connectivity index (χ2n) is 8.98. The monoisotopic (exact) mass is 492 g/mol. The highest BCUT2D eigenvalue weighted by molar-refractivity contribution is 5.74. The average Bonchev–Trinajstić information content (AvgIpc) is 3.48. The number of oxazole rings is 1. The lowest BCUT2D eigenvalue weighted by Crippen LogP contribution is -2.30. The molecule has 0 spiro atoms. The van der Waals surface area contributed by atoms with Gasteiger partial charge in [-0.2, -0.15) is 0 Å². The van der Waals surface area contributed by atoms with Crippen LogP contribution in [0.5, 0.6) is 5.75 Å². The molecule has 3 aromatic rings. The van der Waals surface area contributed by atoms with Crippen molar-refractivity contribution in [1.82, 2.24) is 9.88 Å². The number of carboxylic acid groups (broad SMARTS) is 1. The molecule has 0 aliphatic carbocycles. The molecule has 8 heteroatoms. The summed E-state index contributed by atoms with van der Waals surface area (Å²) in [7, 11) is 0. The van der Waals surface area contributed by atoms with Crippen molar-refractivity contribution >= 4 is 12.1 Å². The maximum Gasteiger partial charge on any atom is 0.409 e. The lowest BCUT2D eigenvalue weighted by Gasteiger charge is -2.15. The Hall–Kier alpha value is -3.81. The standard InChI is InChI=1S/C28H32N2O6/c1-3-34-28(33)30-17-22(24(18-30)27(31)32)12-9-20-10-13-23(14-11-20)35-16-15-25-19(2)36-26(29-25)21-7-5-4-6-8-21/h4-8,10-11,13-14,22,24H,3,9,12,15-18H2,1-2H3,(H,31,32)/t22-,24+/m0/s1. The van der Waals surface area contributed by atoms with E-state index in [-0.39, 0.29) is 19.1 Å². The Morgan fingerprint density at radius 2 is 1.83 bits per heavy atom. The van der Waals surface area contributed by atoms with Crippen LogP contribution in [-0.4, -0.2) is 53.4 Å². The van der Waals surface area contributed by atoms with Crippen LogP contribution in [-0.2, 0) is 22.4 Å². The molecule has 2 heterocycles. The summed E-state index contributed by atoms with van der Waals surface area (Å²) in [6.45, 7) is 5.01. The highest BCUT2D eigenvalue weighted by atomic mass is 16.6.